The normalized spacial score (nSPS) is 31.6. The van der Waals surface area contributed by atoms with E-state index in [1.807, 2.05) is 26.8 Å². The SMILES string of the molecule is C=CCCCCOC(=O)[C@@H]1[C@H]2C(=O)N(CCCO)C(C(=O)N(CC=C)C(C)C)C23CC[C@@]1(C)O3. The van der Waals surface area contributed by atoms with Crippen LogP contribution in [0.1, 0.15) is 59.3 Å². The van der Waals surface area contributed by atoms with Crippen molar-refractivity contribution in [3.63, 3.8) is 0 Å². The van der Waals surface area contributed by atoms with Crippen LogP contribution in [0, 0.1) is 11.8 Å². The Balaban J connectivity index is 1.93. The quantitative estimate of drug-likeness (QED) is 0.249. The zero-order valence-corrected chi connectivity index (χ0v) is 20.8. The van der Waals surface area contributed by atoms with Gasteiger partial charge in [-0.25, -0.2) is 0 Å². The molecule has 2 bridgehead atoms. The van der Waals surface area contributed by atoms with Gasteiger partial charge in [0.15, 0.2) is 0 Å². The molecular formula is C26H40N2O6. The molecule has 8 nitrogen and oxygen atoms in total. The van der Waals surface area contributed by atoms with Crippen molar-refractivity contribution in [2.45, 2.75) is 82.6 Å². The van der Waals surface area contributed by atoms with Gasteiger partial charge in [0.25, 0.3) is 0 Å². The molecule has 0 aromatic carbocycles. The highest BCUT2D eigenvalue weighted by Gasteiger charge is 2.78. The number of carbonyl (C=O) groups is 3. The fourth-order valence-electron chi connectivity index (χ4n) is 6.05. The van der Waals surface area contributed by atoms with Gasteiger partial charge < -0.3 is 24.4 Å². The fraction of sp³-hybridized carbons (Fsp3) is 0.731. The highest BCUT2D eigenvalue weighted by atomic mass is 16.6. The van der Waals surface area contributed by atoms with Gasteiger partial charge in [-0.05, 0) is 59.3 Å². The van der Waals surface area contributed by atoms with Crippen molar-refractivity contribution in [1.29, 1.82) is 0 Å². The summed E-state index contributed by atoms with van der Waals surface area (Å²) in [5.74, 6) is -2.41. The second-order valence-electron chi connectivity index (χ2n) is 10.2. The largest absolute Gasteiger partial charge is 0.465 e. The number of aliphatic hydroxyl groups excluding tert-OH is 1. The highest BCUT2D eigenvalue weighted by Crippen LogP contribution is 2.63. The van der Waals surface area contributed by atoms with Crippen molar-refractivity contribution in [3.8, 4) is 0 Å². The third-order valence-corrected chi connectivity index (χ3v) is 7.60. The molecule has 0 aromatic rings. The average molecular weight is 477 g/mol. The lowest BCUT2D eigenvalue weighted by Crippen LogP contribution is -2.57. The van der Waals surface area contributed by atoms with Crippen LogP contribution >= 0.6 is 0 Å². The van der Waals surface area contributed by atoms with Crippen LogP contribution in [0.3, 0.4) is 0 Å². The van der Waals surface area contributed by atoms with Crippen LogP contribution in [0.15, 0.2) is 25.3 Å². The molecule has 1 N–H and O–H groups in total. The third-order valence-electron chi connectivity index (χ3n) is 7.60. The molecule has 2 amide bonds. The molecule has 0 aromatic heterocycles. The summed E-state index contributed by atoms with van der Waals surface area (Å²) in [4.78, 5) is 44.2. The third kappa shape index (κ3) is 4.42. The summed E-state index contributed by atoms with van der Waals surface area (Å²) in [5, 5.41) is 9.43. The second-order valence-corrected chi connectivity index (χ2v) is 10.2. The highest BCUT2D eigenvalue weighted by molar-refractivity contribution is 5.98. The van der Waals surface area contributed by atoms with Crippen LogP contribution in [0.25, 0.3) is 0 Å². The molecule has 2 unspecified atom stereocenters. The van der Waals surface area contributed by atoms with Crippen molar-refractivity contribution in [1.82, 2.24) is 9.80 Å². The number of amides is 2. The zero-order valence-electron chi connectivity index (χ0n) is 20.8. The summed E-state index contributed by atoms with van der Waals surface area (Å²) < 4.78 is 12.2. The number of unbranched alkanes of at least 4 members (excludes halogenated alkanes) is 2. The smallest absolute Gasteiger partial charge is 0.312 e. The Hall–Kier alpha value is -2.19. The first-order valence-corrected chi connectivity index (χ1v) is 12.5. The summed E-state index contributed by atoms with van der Waals surface area (Å²) in [5.41, 5.74) is -1.92. The number of hydrogen-bond donors (Lipinski definition) is 1. The van der Waals surface area contributed by atoms with E-state index in [0.717, 1.165) is 19.3 Å². The Bertz CT molecular complexity index is 813. The van der Waals surface area contributed by atoms with Gasteiger partial charge in [-0.3, -0.25) is 14.4 Å². The first kappa shape index (κ1) is 26.4. The zero-order chi connectivity index (χ0) is 25.1. The number of aliphatic hydroxyl groups is 1. The van der Waals surface area contributed by atoms with Crippen LogP contribution in [-0.2, 0) is 23.9 Å². The van der Waals surface area contributed by atoms with Crippen LogP contribution in [0.4, 0.5) is 0 Å². The van der Waals surface area contributed by atoms with E-state index >= 15 is 0 Å². The predicted octanol–water partition coefficient (Wildman–Crippen LogP) is 2.46. The van der Waals surface area contributed by atoms with Crippen molar-refractivity contribution >= 4 is 17.8 Å². The van der Waals surface area contributed by atoms with E-state index in [1.165, 1.54) is 4.90 Å². The van der Waals surface area contributed by atoms with Gasteiger partial charge >= 0.3 is 5.97 Å². The summed E-state index contributed by atoms with van der Waals surface area (Å²) in [7, 11) is 0. The number of likely N-dealkylation sites (tertiary alicyclic amines) is 1. The van der Waals surface area contributed by atoms with Gasteiger partial charge in [0.05, 0.1) is 18.1 Å². The maximum absolute atomic E-state index is 13.9. The lowest BCUT2D eigenvalue weighted by atomic mass is 9.66. The molecule has 3 saturated heterocycles. The van der Waals surface area contributed by atoms with Gasteiger partial charge in [0.1, 0.15) is 17.6 Å². The molecular weight excluding hydrogens is 436 g/mol. The lowest BCUT2D eigenvalue weighted by Gasteiger charge is -2.38. The van der Waals surface area contributed by atoms with E-state index in [0.29, 0.717) is 25.8 Å². The molecule has 8 heteroatoms. The lowest BCUT2D eigenvalue weighted by molar-refractivity contribution is -0.160. The van der Waals surface area contributed by atoms with Gasteiger partial charge in [0.2, 0.25) is 11.8 Å². The maximum Gasteiger partial charge on any atom is 0.312 e. The molecule has 0 radical (unpaired) electrons. The van der Waals surface area contributed by atoms with Gasteiger partial charge in [0, 0.05) is 25.7 Å². The van der Waals surface area contributed by atoms with Crippen molar-refractivity contribution in [2.75, 3.05) is 26.3 Å². The Kier molecular flexibility index (Phi) is 8.24. The Morgan fingerprint density at radius 2 is 2.00 bits per heavy atom. The van der Waals surface area contributed by atoms with E-state index in [9.17, 15) is 19.5 Å². The van der Waals surface area contributed by atoms with Gasteiger partial charge in [-0.1, -0.05) is 12.2 Å². The van der Waals surface area contributed by atoms with E-state index in [4.69, 9.17) is 9.47 Å². The summed E-state index contributed by atoms with van der Waals surface area (Å²) in [6.45, 7) is 13.9. The van der Waals surface area contributed by atoms with E-state index < -0.39 is 35.0 Å². The van der Waals surface area contributed by atoms with Crippen LogP contribution in [0.2, 0.25) is 0 Å². The monoisotopic (exact) mass is 476 g/mol. The molecule has 3 rings (SSSR count). The summed E-state index contributed by atoms with van der Waals surface area (Å²) in [6.07, 6.45) is 7.40. The van der Waals surface area contributed by atoms with Crippen LogP contribution < -0.4 is 0 Å². The predicted molar refractivity (Wildman–Crippen MR) is 128 cm³/mol. The number of esters is 1. The number of ether oxygens (including phenoxy) is 2. The molecule has 1 spiro atoms. The minimum absolute atomic E-state index is 0.0961. The minimum atomic E-state index is -1.07. The van der Waals surface area contributed by atoms with E-state index in [2.05, 4.69) is 13.2 Å². The first-order chi connectivity index (χ1) is 16.2. The Morgan fingerprint density at radius 1 is 1.26 bits per heavy atom. The Labute approximate surface area is 202 Å². The first-order valence-electron chi connectivity index (χ1n) is 12.5. The van der Waals surface area contributed by atoms with E-state index in [-0.39, 0.29) is 37.6 Å². The summed E-state index contributed by atoms with van der Waals surface area (Å²) >= 11 is 0. The number of allylic oxidation sites excluding steroid dienone is 1. The molecule has 0 saturated carbocycles. The van der Waals surface area contributed by atoms with Crippen molar-refractivity contribution in [3.05, 3.63) is 25.3 Å². The molecule has 3 heterocycles. The molecule has 3 aliphatic heterocycles. The number of nitrogens with zero attached hydrogens (tertiary/aromatic N) is 2. The molecule has 190 valence electrons. The molecule has 3 fully saturated rings. The topological polar surface area (TPSA) is 96.4 Å². The average Bonchev–Trinajstić information content (AvgIpc) is 3.36. The fourth-order valence-corrected chi connectivity index (χ4v) is 6.05. The van der Waals surface area contributed by atoms with E-state index in [1.54, 1.807) is 11.0 Å². The van der Waals surface area contributed by atoms with Crippen molar-refractivity contribution in [2.24, 2.45) is 11.8 Å². The van der Waals surface area contributed by atoms with Gasteiger partial charge in [-0.2, -0.15) is 0 Å². The minimum Gasteiger partial charge on any atom is -0.465 e. The van der Waals surface area contributed by atoms with Crippen LogP contribution in [0.5, 0.6) is 0 Å². The van der Waals surface area contributed by atoms with Crippen LogP contribution in [-0.4, -0.2) is 82.3 Å². The number of hydrogen-bond acceptors (Lipinski definition) is 6. The number of fused-ring (bicyclic) bond motifs is 1. The Morgan fingerprint density at radius 3 is 2.62 bits per heavy atom. The van der Waals surface area contributed by atoms with Gasteiger partial charge in [-0.15, -0.1) is 13.2 Å². The maximum atomic E-state index is 13.9. The molecule has 5 atom stereocenters. The molecule has 3 aliphatic rings. The van der Waals surface area contributed by atoms with Crippen molar-refractivity contribution < 1.29 is 29.0 Å². The summed E-state index contributed by atoms with van der Waals surface area (Å²) in [6, 6.07) is -0.938. The number of rotatable bonds is 13. The second kappa shape index (κ2) is 10.6. The molecule has 0 aliphatic carbocycles. The molecule has 34 heavy (non-hydrogen) atoms. The standard InChI is InChI=1S/C26H40N2O6/c1-6-8-9-10-17-33-24(32)20-19-22(30)28(15-11-16-29)21(23(31)27(14-7-2)18(3)4)26(19)13-12-25(20,5)34-26/h6-7,18-21,29H,1-2,8-17H2,3-5H3/t19-,20-,21?,25+,26?/m0/s1. The number of carbonyl (C=O) groups excluding carboxylic acids is 3.